The number of hydrogen-bond acceptors (Lipinski definition) is 3. The van der Waals surface area contributed by atoms with Gasteiger partial charge >= 0.3 is 5.97 Å². The van der Waals surface area contributed by atoms with Crippen molar-refractivity contribution in [3.8, 4) is 0 Å². The molecular weight excluding hydrogens is 188 g/mol. The summed E-state index contributed by atoms with van der Waals surface area (Å²) in [6, 6.07) is 0. The monoisotopic (exact) mass is 198 g/mol. The average Bonchev–Trinajstić information content (AvgIpc) is 2.25. The van der Waals surface area contributed by atoms with Crippen LogP contribution in [0.5, 0.6) is 0 Å². The third-order valence-electron chi connectivity index (χ3n) is 2.02. The number of allylic oxidation sites excluding steroid dienone is 1. The number of carbonyl (C=O) groups excluding carboxylic acids is 2. The first-order valence-corrected chi connectivity index (χ1v) is 3.96. The van der Waals surface area contributed by atoms with E-state index in [1.165, 1.54) is 6.92 Å². The number of nitrogens with two attached hydrogens (primary N) is 1. The number of rotatable bonds is 3. The van der Waals surface area contributed by atoms with Gasteiger partial charge in [0.1, 0.15) is 0 Å². The molecule has 1 unspecified atom stereocenters. The third-order valence-corrected chi connectivity index (χ3v) is 2.02. The molecule has 1 rings (SSSR count). The number of carbonyl (C=O) groups is 3. The van der Waals surface area contributed by atoms with Crippen molar-refractivity contribution in [2.75, 3.05) is 0 Å². The molecule has 0 fully saturated rings. The van der Waals surface area contributed by atoms with Gasteiger partial charge in [0.05, 0.1) is 12.3 Å². The highest BCUT2D eigenvalue weighted by Crippen LogP contribution is 2.24. The summed E-state index contributed by atoms with van der Waals surface area (Å²) in [7, 11) is 0. The maximum absolute atomic E-state index is 11.2. The van der Waals surface area contributed by atoms with E-state index in [0.29, 0.717) is 5.70 Å². The van der Waals surface area contributed by atoms with E-state index in [1.807, 2.05) is 0 Å². The zero-order chi connectivity index (χ0) is 10.9. The van der Waals surface area contributed by atoms with Crippen LogP contribution in [0.15, 0.2) is 11.3 Å². The van der Waals surface area contributed by atoms with Gasteiger partial charge in [-0.05, 0) is 6.92 Å². The van der Waals surface area contributed by atoms with Crippen molar-refractivity contribution in [2.45, 2.75) is 13.3 Å². The normalized spacial score (nSPS) is 20.9. The van der Waals surface area contributed by atoms with Crippen LogP contribution >= 0.6 is 0 Å². The molecule has 0 saturated carbocycles. The number of hydrogen-bond donors (Lipinski definition) is 3. The first-order valence-electron chi connectivity index (χ1n) is 3.96. The number of carboxylic acids is 1. The summed E-state index contributed by atoms with van der Waals surface area (Å²) < 4.78 is 0. The van der Waals surface area contributed by atoms with Crippen LogP contribution in [0.3, 0.4) is 0 Å². The fourth-order valence-corrected chi connectivity index (χ4v) is 1.46. The summed E-state index contributed by atoms with van der Waals surface area (Å²) in [5, 5.41) is 10.9. The van der Waals surface area contributed by atoms with Gasteiger partial charge in [-0.3, -0.25) is 14.4 Å². The van der Waals surface area contributed by atoms with E-state index in [2.05, 4.69) is 5.32 Å². The molecule has 0 radical (unpaired) electrons. The molecule has 0 aromatic rings. The van der Waals surface area contributed by atoms with Crippen LogP contribution in [0.25, 0.3) is 0 Å². The Kier molecular flexibility index (Phi) is 2.55. The summed E-state index contributed by atoms with van der Waals surface area (Å²) in [5.74, 6) is -3.34. The highest BCUT2D eigenvalue weighted by Gasteiger charge is 2.35. The molecule has 6 heteroatoms. The van der Waals surface area contributed by atoms with Gasteiger partial charge in [-0.2, -0.15) is 0 Å². The van der Waals surface area contributed by atoms with Crippen molar-refractivity contribution in [1.29, 1.82) is 0 Å². The Morgan fingerprint density at radius 2 is 2.14 bits per heavy atom. The van der Waals surface area contributed by atoms with Crippen LogP contribution in [-0.4, -0.2) is 22.9 Å². The van der Waals surface area contributed by atoms with Crippen molar-refractivity contribution in [3.05, 3.63) is 11.3 Å². The fourth-order valence-electron chi connectivity index (χ4n) is 1.46. The second-order valence-corrected chi connectivity index (χ2v) is 3.04. The Balaban J connectivity index is 2.97. The predicted octanol–water partition coefficient (Wildman–Crippen LogP) is -1.03. The van der Waals surface area contributed by atoms with Gasteiger partial charge in [0.25, 0.3) is 0 Å². The molecule has 4 N–H and O–H groups in total. The van der Waals surface area contributed by atoms with E-state index in [0.717, 1.165) is 0 Å². The molecule has 0 aromatic carbocycles. The van der Waals surface area contributed by atoms with Crippen LogP contribution < -0.4 is 11.1 Å². The Morgan fingerprint density at radius 1 is 1.57 bits per heavy atom. The van der Waals surface area contributed by atoms with Crippen molar-refractivity contribution in [2.24, 2.45) is 11.7 Å². The highest BCUT2D eigenvalue weighted by molar-refractivity contribution is 6.04. The molecule has 0 saturated heterocycles. The number of nitrogens with one attached hydrogen (secondary N) is 1. The Labute approximate surface area is 79.8 Å². The Morgan fingerprint density at radius 3 is 2.57 bits per heavy atom. The number of primary amides is 1. The molecule has 0 bridgehead atoms. The molecule has 14 heavy (non-hydrogen) atoms. The lowest BCUT2D eigenvalue weighted by Gasteiger charge is -2.05. The first-order chi connectivity index (χ1) is 6.43. The topological polar surface area (TPSA) is 109 Å². The van der Waals surface area contributed by atoms with Gasteiger partial charge < -0.3 is 16.2 Å². The zero-order valence-corrected chi connectivity index (χ0v) is 7.53. The standard InChI is InChI=1S/C8H10N2O4/c1-3-6(7(9)13)4(2-5(11)12)8(14)10-3/h4H,2H2,1H3,(H2,9,13)(H,10,14)(H,11,12). The van der Waals surface area contributed by atoms with E-state index < -0.39 is 30.1 Å². The molecule has 1 atom stereocenters. The largest absolute Gasteiger partial charge is 0.481 e. The second kappa shape index (κ2) is 3.49. The number of aliphatic carboxylic acids is 1. The summed E-state index contributed by atoms with van der Waals surface area (Å²) in [5.41, 5.74) is 5.44. The van der Waals surface area contributed by atoms with Crippen LogP contribution in [0, 0.1) is 5.92 Å². The lowest BCUT2D eigenvalue weighted by molar-refractivity contribution is -0.140. The van der Waals surface area contributed by atoms with Gasteiger partial charge in [-0.15, -0.1) is 0 Å². The number of carboxylic acid groups (broad SMARTS) is 1. The second-order valence-electron chi connectivity index (χ2n) is 3.04. The highest BCUT2D eigenvalue weighted by atomic mass is 16.4. The number of amides is 2. The molecule has 1 aliphatic rings. The SMILES string of the molecule is CC1=C(C(N)=O)C(CC(=O)O)C(=O)N1. The molecular formula is C8H10N2O4. The van der Waals surface area contributed by atoms with E-state index in [1.54, 1.807) is 0 Å². The van der Waals surface area contributed by atoms with Crippen molar-refractivity contribution in [1.82, 2.24) is 5.32 Å². The lowest BCUT2D eigenvalue weighted by atomic mass is 9.96. The molecule has 0 aliphatic carbocycles. The van der Waals surface area contributed by atoms with Gasteiger partial charge in [0.2, 0.25) is 11.8 Å². The predicted molar refractivity (Wildman–Crippen MR) is 45.8 cm³/mol. The first kappa shape index (κ1) is 10.2. The minimum absolute atomic E-state index is 0.0670. The average molecular weight is 198 g/mol. The van der Waals surface area contributed by atoms with Crippen LogP contribution in [-0.2, 0) is 14.4 Å². The van der Waals surface area contributed by atoms with Crippen molar-refractivity contribution in [3.63, 3.8) is 0 Å². The van der Waals surface area contributed by atoms with Gasteiger partial charge in [-0.25, -0.2) is 0 Å². The molecule has 2 amide bonds. The summed E-state index contributed by atoms with van der Waals surface area (Å²) >= 11 is 0. The van der Waals surface area contributed by atoms with Gasteiger partial charge in [-0.1, -0.05) is 0 Å². The maximum Gasteiger partial charge on any atom is 0.304 e. The van der Waals surface area contributed by atoms with E-state index in [9.17, 15) is 14.4 Å². The van der Waals surface area contributed by atoms with Gasteiger partial charge in [0, 0.05) is 11.3 Å². The van der Waals surface area contributed by atoms with Crippen LogP contribution in [0.4, 0.5) is 0 Å². The summed E-state index contributed by atoms with van der Waals surface area (Å²) in [6.45, 7) is 1.51. The zero-order valence-electron chi connectivity index (χ0n) is 7.53. The van der Waals surface area contributed by atoms with E-state index >= 15 is 0 Å². The molecule has 1 aliphatic heterocycles. The fraction of sp³-hybridized carbons (Fsp3) is 0.375. The smallest absolute Gasteiger partial charge is 0.304 e. The Hall–Kier alpha value is -1.85. The minimum Gasteiger partial charge on any atom is -0.481 e. The molecule has 76 valence electrons. The van der Waals surface area contributed by atoms with Gasteiger partial charge in [0.15, 0.2) is 0 Å². The minimum atomic E-state index is -1.14. The summed E-state index contributed by atoms with van der Waals surface area (Å²) in [4.78, 5) is 32.6. The van der Waals surface area contributed by atoms with E-state index in [-0.39, 0.29) is 5.57 Å². The third kappa shape index (κ3) is 1.73. The molecule has 6 nitrogen and oxygen atoms in total. The van der Waals surface area contributed by atoms with Crippen LogP contribution in [0.2, 0.25) is 0 Å². The Bertz CT molecular complexity index is 345. The lowest BCUT2D eigenvalue weighted by Crippen LogP contribution is -2.26. The summed E-state index contributed by atoms with van der Waals surface area (Å²) in [6.07, 6.45) is -0.415. The van der Waals surface area contributed by atoms with Crippen molar-refractivity contribution < 1.29 is 19.5 Å². The quantitative estimate of drug-likeness (QED) is 0.538. The van der Waals surface area contributed by atoms with Crippen LogP contribution in [0.1, 0.15) is 13.3 Å². The molecule has 0 spiro atoms. The molecule has 1 heterocycles. The van der Waals surface area contributed by atoms with E-state index in [4.69, 9.17) is 10.8 Å². The molecule has 0 aromatic heterocycles. The maximum atomic E-state index is 11.2. The van der Waals surface area contributed by atoms with Crippen molar-refractivity contribution >= 4 is 17.8 Å².